The van der Waals surface area contributed by atoms with Crippen molar-refractivity contribution in [3.63, 3.8) is 0 Å². The van der Waals surface area contributed by atoms with Crippen LogP contribution in [0.15, 0.2) is 23.0 Å². The molecule has 0 aliphatic rings. The van der Waals surface area contributed by atoms with Crippen LogP contribution in [0.4, 0.5) is 13.2 Å². The number of aromatic nitrogens is 1. The zero-order valence-electron chi connectivity index (χ0n) is 13.5. The van der Waals surface area contributed by atoms with E-state index < -0.39 is 12.6 Å². The number of aromatic hydroxyl groups is 1. The molecule has 1 radical (unpaired) electrons. The number of fused-ring (bicyclic) bond motifs is 1. The Hall–Kier alpha value is -2.18. The summed E-state index contributed by atoms with van der Waals surface area (Å²) in [4.78, 5) is 12.4. The first kappa shape index (κ1) is 18.2. The topological polar surface area (TPSA) is 51.5 Å². The van der Waals surface area contributed by atoms with Crippen molar-refractivity contribution >= 4 is 10.8 Å². The molecule has 24 heavy (non-hydrogen) atoms. The number of phenolic OH excluding ortho intramolecular Hbond substituents is 1. The lowest BCUT2D eigenvalue weighted by Crippen LogP contribution is -2.23. The van der Waals surface area contributed by atoms with Crippen molar-refractivity contribution in [2.45, 2.75) is 39.4 Å². The predicted octanol–water partition coefficient (Wildman–Crippen LogP) is 3.88. The summed E-state index contributed by atoms with van der Waals surface area (Å²) in [7, 11) is 0. The maximum absolute atomic E-state index is 12.4. The molecule has 0 amide bonds. The van der Waals surface area contributed by atoms with Crippen molar-refractivity contribution in [1.82, 2.24) is 4.57 Å². The van der Waals surface area contributed by atoms with E-state index in [9.17, 15) is 23.1 Å². The monoisotopic (exact) mass is 342 g/mol. The Labute approximate surface area is 137 Å². The summed E-state index contributed by atoms with van der Waals surface area (Å²) in [5.41, 5.74) is -0.277. The Balaban J connectivity index is 2.33. The summed E-state index contributed by atoms with van der Waals surface area (Å²) in [6, 6.07) is 4.21. The van der Waals surface area contributed by atoms with Crippen LogP contribution in [0.25, 0.3) is 10.8 Å². The van der Waals surface area contributed by atoms with Gasteiger partial charge in [-0.05, 0) is 30.5 Å². The zero-order chi connectivity index (χ0) is 17.9. The van der Waals surface area contributed by atoms with Crippen molar-refractivity contribution in [1.29, 1.82) is 0 Å². The Kier molecular flexibility index (Phi) is 5.41. The Morgan fingerprint density at radius 2 is 2.00 bits per heavy atom. The van der Waals surface area contributed by atoms with E-state index in [1.54, 1.807) is 0 Å². The van der Waals surface area contributed by atoms with Crippen LogP contribution < -0.4 is 10.3 Å². The van der Waals surface area contributed by atoms with E-state index in [0.717, 1.165) is 0 Å². The molecular formula is C17H19F3NO3. The van der Waals surface area contributed by atoms with Gasteiger partial charge in [-0.15, -0.1) is 0 Å². The van der Waals surface area contributed by atoms with E-state index >= 15 is 0 Å². The summed E-state index contributed by atoms with van der Waals surface area (Å²) < 4.78 is 43.4. The first-order chi connectivity index (χ1) is 11.2. The number of phenols is 1. The molecule has 1 aromatic carbocycles. The number of hydrogen-bond acceptors (Lipinski definition) is 3. The zero-order valence-corrected chi connectivity index (χ0v) is 13.5. The molecule has 1 N–H and O–H groups in total. The lowest BCUT2D eigenvalue weighted by molar-refractivity contribution is -0.136. The highest BCUT2D eigenvalue weighted by Gasteiger charge is 2.26. The maximum atomic E-state index is 12.4. The van der Waals surface area contributed by atoms with Gasteiger partial charge in [0.15, 0.2) is 5.75 Å². The molecule has 0 aliphatic heterocycles. The van der Waals surface area contributed by atoms with Crippen LogP contribution >= 0.6 is 0 Å². The third kappa shape index (κ3) is 4.66. The van der Waals surface area contributed by atoms with Gasteiger partial charge in [0.05, 0.1) is 12.0 Å². The third-order valence-electron chi connectivity index (χ3n) is 3.36. The SMILES string of the molecule is CC(C)Cn1[c]c(OCCCC(F)(F)F)c2cc(O)ccc2c1=O. The molecule has 0 fully saturated rings. The average molecular weight is 342 g/mol. The van der Waals surface area contributed by atoms with Gasteiger partial charge in [0.2, 0.25) is 0 Å². The minimum absolute atomic E-state index is 0.0583. The molecule has 0 unspecified atom stereocenters. The van der Waals surface area contributed by atoms with E-state index in [1.807, 2.05) is 13.8 Å². The lowest BCUT2D eigenvalue weighted by atomic mass is 10.1. The number of nitrogens with zero attached hydrogens (tertiary/aromatic N) is 1. The summed E-state index contributed by atoms with van der Waals surface area (Å²) >= 11 is 0. The highest BCUT2D eigenvalue weighted by Crippen LogP contribution is 2.27. The molecule has 0 spiro atoms. The molecule has 1 heterocycles. The Morgan fingerprint density at radius 3 is 2.62 bits per heavy atom. The molecular weight excluding hydrogens is 323 g/mol. The maximum Gasteiger partial charge on any atom is 0.389 e. The quantitative estimate of drug-likeness (QED) is 0.811. The first-order valence-corrected chi connectivity index (χ1v) is 7.66. The van der Waals surface area contributed by atoms with Crippen LogP contribution in [-0.4, -0.2) is 22.5 Å². The fourth-order valence-electron chi connectivity index (χ4n) is 2.34. The van der Waals surface area contributed by atoms with Gasteiger partial charge in [-0.2, -0.15) is 13.2 Å². The molecule has 7 heteroatoms. The first-order valence-electron chi connectivity index (χ1n) is 7.66. The molecule has 0 saturated carbocycles. The summed E-state index contributed by atoms with van der Waals surface area (Å²) in [6.45, 7) is 4.13. The molecule has 1 aromatic heterocycles. The summed E-state index contributed by atoms with van der Waals surface area (Å²) in [5.74, 6) is 0.298. The van der Waals surface area contributed by atoms with Crippen LogP contribution in [0.1, 0.15) is 26.7 Å². The second-order valence-electron chi connectivity index (χ2n) is 6.05. The van der Waals surface area contributed by atoms with E-state index in [0.29, 0.717) is 17.3 Å². The predicted molar refractivity (Wildman–Crippen MR) is 84.3 cm³/mol. The largest absolute Gasteiger partial charge is 0.508 e. The van der Waals surface area contributed by atoms with Crippen molar-refractivity contribution in [2.24, 2.45) is 5.92 Å². The van der Waals surface area contributed by atoms with Gasteiger partial charge < -0.3 is 14.4 Å². The molecule has 0 bridgehead atoms. The third-order valence-corrected chi connectivity index (χ3v) is 3.36. The van der Waals surface area contributed by atoms with E-state index in [4.69, 9.17) is 4.74 Å². The van der Waals surface area contributed by atoms with Crippen LogP contribution in [0.5, 0.6) is 11.5 Å². The number of hydrogen-bond donors (Lipinski definition) is 1. The molecule has 2 aromatic rings. The second-order valence-corrected chi connectivity index (χ2v) is 6.05. The molecule has 0 saturated heterocycles. The summed E-state index contributed by atoms with van der Waals surface area (Å²) in [5, 5.41) is 10.3. The van der Waals surface area contributed by atoms with Crippen LogP contribution in [-0.2, 0) is 6.54 Å². The number of ether oxygens (including phenoxy) is 1. The smallest absolute Gasteiger partial charge is 0.389 e. The van der Waals surface area contributed by atoms with Gasteiger partial charge in [0.1, 0.15) is 11.9 Å². The number of pyridine rings is 1. The second kappa shape index (κ2) is 7.15. The molecule has 131 valence electrons. The average Bonchev–Trinajstić information content (AvgIpc) is 2.46. The normalized spacial score (nSPS) is 12.1. The number of rotatable bonds is 6. The van der Waals surface area contributed by atoms with E-state index in [1.165, 1.54) is 22.8 Å². The van der Waals surface area contributed by atoms with Crippen LogP contribution in [0, 0.1) is 12.1 Å². The van der Waals surface area contributed by atoms with E-state index in [-0.39, 0.29) is 36.0 Å². The summed E-state index contributed by atoms with van der Waals surface area (Å²) in [6.07, 6.45) is -2.57. The highest BCUT2D eigenvalue weighted by atomic mass is 19.4. The Bertz CT molecular complexity index is 766. The van der Waals surface area contributed by atoms with Crippen LogP contribution in [0.2, 0.25) is 0 Å². The van der Waals surface area contributed by atoms with Crippen molar-refractivity contribution in [3.8, 4) is 11.5 Å². The van der Waals surface area contributed by atoms with Gasteiger partial charge in [0, 0.05) is 18.4 Å². The van der Waals surface area contributed by atoms with Gasteiger partial charge in [-0.1, -0.05) is 13.8 Å². The van der Waals surface area contributed by atoms with Gasteiger partial charge >= 0.3 is 6.18 Å². The lowest BCUT2D eigenvalue weighted by Gasteiger charge is -2.14. The number of halogens is 3. The van der Waals surface area contributed by atoms with Gasteiger partial charge in [-0.3, -0.25) is 4.79 Å². The molecule has 4 nitrogen and oxygen atoms in total. The minimum atomic E-state index is -4.23. The molecule has 2 rings (SSSR count). The van der Waals surface area contributed by atoms with Crippen LogP contribution in [0.3, 0.4) is 0 Å². The molecule has 0 atom stereocenters. The number of benzene rings is 1. The van der Waals surface area contributed by atoms with Gasteiger partial charge in [-0.25, -0.2) is 0 Å². The standard InChI is InChI=1S/C17H19F3NO3/c1-11(2)9-21-10-15(24-7-3-6-17(18,19)20)14-8-12(22)4-5-13(14)16(21)23/h4-5,8,11,22H,3,6-7,9H2,1-2H3. The molecule has 0 aliphatic carbocycles. The fraction of sp³-hybridized carbons (Fsp3) is 0.471. The Morgan fingerprint density at radius 1 is 1.29 bits per heavy atom. The van der Waals surface area contributed by atoms with E-state index in [2.05, 4.69) is 6.20 Å². The van der Waals surface area contributed by atoms with Crippen molar-refractivity contribution in [3.05, 3.63) is 34.7 Å². The number of alkyl halides is 3. The minimum Gasteiger partial charge on any atom is -0.508 e. The van der Waals surface area contributed by atoms with Crippen molar-refractivity contribution in [2.75, 3.05) is 6.61 Å². The van der Waals surface area contributed by atoms with Crippen molar-refractivity contribution < 1.29 is 23.0 Å². The fourth-order valence-corrected chi connectivity index (χ4v) is 2.34. The highest BCUT2D eigenvalue weighted by molar-refractivity contribution is 5.88. The van der Waals surface area contributed by atoms with Gasteiger partial charge in [0.25, 0.3) is 5.56 Å².